The van der Waals surface area contributed by atoms with Crippen LogP contribution in [0.1, 0.15) is 24.0 Å². The molecule has 1 nitrogen and oxygen atoms in total. The third-order valence-corrected chi connectivity index (χ3v) is 7.10. The number of halogens is 1. The third kappa shape index (κ3) is 2.52. The van der Waals surface area contributed by atoms with Crippen LogP contribution in [-0.4, -0.2) is 24.5 Å². The standard InChI is InChI=1S/C21H20ClNS/c22-16-5-6-21-19(12-16)18(17-3-1-2-4-20(17)24-21)11-15-13-23-9-7-14(15)8-10-23/h1-6,11-12,14-15H,7-10,13H2/b18-11-. The smallest absolute Gasteiger partial charge is 0.0412 e. The Bertz CT molecular complexity index is 820. The molecular weight excluding hydrogens is 334 g/mol. The number of nitrogens with zero attached hydrogens (tertiary/aromatic N) is 1. The second-order valence-electron chi connectivity index (χ2n) is 7.12. The van der Waals surface area contributed by atoms with E-state index in [2.05, 4.69) is 47.4 Å². The Morgan fingerprint density at radius 2 is 1.79 bits per heavy atom. The molecule has 0 aromatic heterocycles. The molecule has 0 amide bonds. The van der Waals surface area contributed by atoms with Gasteiger partial charge in [-0.15, -0.1) is 0 Å². The Kier molecular flexibility index (Phi) is 3.73. The van der Waals surface area contributed by atoms with Crippen LogP contribution in [0, 0.1) is 11.8 Å². The van der Waals surface area contributed by atoms with Gasteiger partial charge in [-0.05, 0) is 78.7 Å². The molecule has 3 saturated heterocycles. The first kappa shape index (κ1) is 15.1. The highest BCUT2D eigenvalue weighted by Gasteiger charge is 2.34. The highest BCUT2D eigenvalue weighted by Crippen LogP contribution is 2.47. The van der Waals surface area contributed by atoms with E-state index in [1.165, 1.54) is 59.0 Å². The van der Waals surface area contributed by atoms with Crippen molar-refractivity contribution in [3.63, 3.8) is 0 Å². The molecule has 122 valence electrons. The van der Waals surface area contributed by atoms with Gasteiger partial charge in [-0.1, -0.05) is 47.6 Å². The van der Waals surface area contributed by atoms with E-state index in [1.54, 1.807) is 0 Å². The minimum absolute atomic E-state index is 0.672. The van der Waals surface area contributed by atoms with Crippen molar-refractivity contribution in [3.05, 3.63) is 64.7 Å². The van der Waals surface area contributed by atoms with Crippen molar-refractivity contribution in [3.8, 4) is 0 Å². The van der Waals surface area contributed by atoms with Gasteiger partial charge < -0.3 is 4.90 Å². The quantitative estimate of drug-likeness (QED) is 0.562. The lowest BCUT2D eigenvalue weighted by Gasteiger charge is -2.44. The normalized spacial score (nSPS) is 29.4. The average Bonchev–Trinajstić information content (AvgIpc) is 2.63. The third-order valence-electron chi connectivity index (χ3n) is 5.72. The number of hydrogen-bond acceptors (Lipinski definition) is 2. The lowest BCUT2D eigenvalue weighted by molar-refractivity contribution is 0.0738. The van der Waals surface area contributed by atoms with Crippen LogP contribution in [0.4, 0.5) is 0 Å². The molecule has 3 fully saturated rings. The van der Waals surface area contributed by atoms with Gasteiger partial charge >= 0.3 is 0 Å². The molecule has 2 bridgehead atoms. The van der Waals surface area contributed by atoms with Gasteiger partial charge in [-0.2, -0.15) is 0 Å². The SMILES string of the molecule is Clc1ccc2c(c1)/C(=C\C1CN3CCC1CC3)c1ccccc1S2. The van der Waals surface area contributed by atoms with Gasteiger partial charge in [0.15, 0.2) is 0 Å². The van der Waals surface area contributed by atoms with E-state index in [0.29, 0.717) is 5.92 Å². The Morgan fingerprint density at radius 3 is 2.58 bits per heavy atom. The Morgan fingerprint density at radius 1 is 1.00 bits per heavy atom. The zero-order valence-corrected chi connectivity index (χ0v) is 15.1. The highest BCUT2D eigenvalue weighted by molar-refractivity contribution is 7.99. The molecule has 4 aliphatic rings. The fourth-order valence-corrected chi connectivity index (χ4v) is 5.70. The van der Waals surface area contributed by atoms with E-state index in [1.807, 2.05) is 17.8 Å². The van der Waals surface area contributed by atoms with Gasteiger partial charge in [-0.3, -0.25) is 0 Å². The molecule has 4 heterocycles. The zero-order chi connectivity index (χ0) is 16.1. The first-order valence-electron chi connectivity index (χ1n) is 8.79. The Balaban J connectivity index is 1.64. The second-order valence-corrected chi connectivity index (χ2v) is 8.64. The molecule has 0 radical (unpaired) electrons. The number of benzene rings is 2. The second kappa shape index (κ2) is 5.94. The molecule has 1 atom stereocenters. The van der Waals surface area contributed by atoms with Crippen LogP contribution >= 0.6 is 23.4 Å². The van der Waals surface area contributed by atoms with Gasteiger partial charge in [0.25, 0.3) is 0 Å². The molecule has 6 rings (SSSR count). The average molecular weight is 354 g/mol. The molecule has 24 heavy (non-hydrogen) atoms. The summed E-state index contributed by atoms with van der Waals surface area (Å²) >= 11 is 8.19. The summed E-state index contributed by atoms with van der Waals surface area (Å²) in [5.41, 5.74) is 4.07. The molecule has 4 aliphatic heterocycles. The predicted octanol–water partition coefficient (Wildman–Crippen LogP) is 5.58. The zero-order valence-electron chi connectivity index (χ0n) is 13.5. The lowest BCUT2D eigenvalue weighted by Crippen LogP contribution is -2.46. The molecule has 3 heteroatoms. The summed E-state index contributed by atoms with van der Waals surface area (Å²) in [7, 11) is 0. The van der Waals surface area contributed by atoms with Gasteiger partial charge in [-0.25, -0.2) is 0 Å². The summed E-state index contributed by atoms with van der Waals surface area (Å²) in [5, 5.41) is 0.827. The first-order valence-corrected chi connectivity index (χ1v) is 9.99. The van der Waals surface area contributed by atoms with Gasteiger partial charge in [0.2, 0.25) is 0 Å². The summed E-state index contributed by atoms with van der Waals surface area (Å²) in [6.07, 6.45) is 5.27. The van der Waals surface area contributed by atoms with E-state index in [9.17, 15) is 0 Å². The molecule has 0 N–H and O–H groups in total. The Labute approximate surface area is 152 Å². The molecule has 0 saturated carbocycles. The Hall–Kier alpha value is -1.22. The fourth-order valence-electron chi connectivity index (χ4n) is 4.44. The van der Waals surface area contributed by atoms with Gasteiger partial charge in [0.1, 0.15) is 0 Å². The van der Waals surface area contributed by atoms with Crippen molar-refractivity contribution in [1.29, 1.82) is 0 Å². The molecule has 0 spiro atoms. The van der Waals surface area contributed by atoms with Gasteiger partial charge in [0.05, 0.1) is 0 Å². The first-order chi connectivity index (χ1) is 11.8. The summed E-state index contributed by atoms with van der Waals surface area (Å²) < 4.78 is 0. The number of fused-ring (bicyclic) bond motifs is 5. The van der Waals surface area contributed by atoms with Crippen LogP contribution in [0.25, 0.3) is 5.57 Å². The topological polar surface area (TPSA) is 3.24 Å². The van der Waals surface area contributed by atoms with E-state index in [0.717, 1.165) is 10.9 Å². The maximum absolute atomic E-state index is 6.33. The summed E-state index contributed by atoms with van der Waals surface area (Å²) in [6.45, 7) is 3.80. The number of piperidine rings is 3. The van der Waals surface area contributed by atoms with E-state index < -0.39 is 0 Å². The number of hydrogen-bond donors (Lipinski definition) is 0. The minimum Gasteiger partial charge on any atom is -0.303 e. The largest absolute Gasteiger partial charge is 0.303 e. The predicted molar refractivity (Wildman–Crippen MR) is 102 cm³/mol. The number of rotatable bonds is 1. The minimum atomic E-state index is 0.672. The summed E-state index contributed by atoms with van der Waals surface area (Å²) in [4.78, 5) is 5.31. The summed E-state index contributed by atoms with van der Waals surface area (Å²) in [6, 6.07) is 15.1. The van der Waals surface area contributed by atoms with Crippen LogP contribution in [-0.2, 0) is 0 Å². The highest BCUT2D eigenvalue weighted by atomic mass is 35.5. The van der Waals surface area contributed by atoms with Crippen LogP contribution in [0.2, 0.25) is 5.02 Å². The van der Waals surface area contributed by atoms with Crippen molar-refractivity contribution < 1.29 is 0 Å². The van der Waals surface area contributed by atoms with E-state index >= 15 is 0 Å². The van der Waals surface area contributed by atoms with Crippen LogP contribution in [0.5, 0.6) is 0 Å². The van der Waals surface area contributed by atoms with Crippen molar-refractivity contribution in [2.75, 3.05) is 19.6 Å². The molecule has 2 aromatic carbocycles. The van der Waals surface area contributed by atoms with Crippen LogP contribution in [0.15, 0.2) is 58.3 Å². The monoisotopic (exact) mass is 353 g/mol. The van der Waals surface area contributed by atoms with Gasteiger partial charge in [0, 0.05) is 21.4 Å². The molecule has 1 unspecified atom stereocenters. The summed E-state index contributed by atoms with van der Waals surface area (Å²) in [5.74, 6) is 1.53. The van der Waals surface area contributed by atoms with Crippen LogP contribution < -0.4 is 0 Å². The maximum Gasteiger partial charge on any atom is 0.0412 e. The van der Waals surface area contributed by atoms with Crippen molar-refractivity contribution in [1.82, 2.24) is 4.90 Å². The maximum atomic E-state index is 6.33. The fraction of sp³-hybridized carbons (Fsp3) is 0.333. The van der Waals surface area contributed by atoms with Crippen LogP contribution in [0.3, 0.4) is 0 Å². The molecule has 2 aromatic rings. The van der Waals surface area contributed by atoms with E-state index in [-0.39, 0.29) is 0 Å². The van der Waals surface area contributed by atoms with E-state index in [4.69, 9.17) is 11.6 Å². The molecular formula is C21H20ClNS. The van der Waals surface area contributed by atoms with Crippen molar-refractivity contribution >= 4 is 28.9 Å². The van der Waals surface area contributed by atoms with Crippen molar-refractivity contribution in [2.45, 2.75) is 22.6 Å². The molecule has 0 aliphatic carbocycles. The van der Waals surface area contributed by atoms with Crippen molar-refractivity contribution in [2.24, 2.45) is 11.8 Å². The lowest BCUT2D eigenvalue weighted by atomic mass is 9.77.